The van der Waals surface area contributed by atoms with Crippen LogP contribution in [-0.2, 0) is 0 Å². The third-order valence-electron chi connectivity index (χ3n) is 5.74. The lowest BCUT2D eigenvalue weighted by Gasteiger charge is -2.29. The molecule has 0 fully saturated rings. The number of aliphatic hydroxyl groups is 1. The van der Waals surface area contributed by atoms with Gasteiger partial charge in [0.1, 0.15) is 11.8 Å². The summed E-state index contributed by atoms with van der Waals surface area (Å²) >= 11 is 4.49. The SMILES string of the molecule is CC(C)(O)C[C@H](CS)c1ccc(NC(=O)c2ncc(C#N)[nH]2)c(C2=CCC(C)(C)CC2)n1. The summed E-state index contributed by atoms with van der Waals surface area (Å²) in [4.78, 5) is 24.4. The fourth-order valence-electron chi connectivity index (χ4n) is 3.88. The van der Waals surface area contributed by atoms with E-state index in [-0.39, 0.29) is 22.9 Å². The maximum absolute atomic E-state index is 12.7. The number of hydrogen-bond donors (Lipinski definition) is 4. The van der Waals surface area contributed by atoms with Gasteiger partial charge in [0, 0.05) is 11.6 Å². The van der Waals surface area contributed by atoms with Gasteiger partial charge in [-0.05, 0) is 68.4 Å². The number of nitrogens with zero attached hydrogens (tertiary/aromatic N) is 3. The number of rotatable bonds is 7. The molecule has 0 saturated heterocycles. The zero-order valence-corrected chi connectivity index (χ0v) is 20.0. The van der Waals surface area contributed by atoms with E-state index in [1.165, 1.54) is 6.20 Å². The number of anilines is 1. The Morgan fingerprint density at radius 2 is 2.19 bits per heavy atom. The lowest BCUT2D eigenvalue weighted by Crippen LogP contribution is -2.24. The molecule has 170 valence electrons. The van der Waals surface area contributed by atoms with Crippen LogP contribution >= 0.6 is 12.6 Å². The van der Waals surface area contributed by atoms with Crippen molar-refractivity contribution >= 4 is 29.8 Å². The van der Waals surface area contributed by atoms with Gasteiger partial charge in [0.25, 0.3) is 5.91 Å². The normalized spacial score (nSPS) is 16.7. The summed E-state index contributed by atoms with van der Waals surface area (Å²) in [7, 11) is 0. The molecule has 3 N–H and O–H groups in total. The Bertz CT molecular complexity index is 1060. The van der Waals surface area contributed by atoms with Crippen molar-refractivity contribution in [2.45, 2.75) is 64.9 Å². The minimum absolute atomic E-state index is 0.0225. The summed E-state index contributed by atoms with van der Waals surface area (Å²) in [6.45, 7) is 8.06. The molecule has 0 bridgehead atoms. The smallest absolute Gasteiger partial charge is 0.291 e. The molecule has 1 amide bonds. The Kier molecular flexibility index (Phi) is 7.11. The van der Waals surface area contributed by atoms with Crippen LogP contribution in [0.5, 0.6) is 0 Å². The predicted octanol–water partition coefficient (Wildman–Crippen LogP) is 4.70. The number of allylic oxidation sites excluding steroid dienone is 2. The van der Waals surface area contributed by atoms with E-state index in [4.69, 9.17) is 10.2 Å². The molecule has 8 heteroatoms. The van der Waals surface area contributed by atoms with Gasteiger partial charge in [0.15, 0.2) is 5.82 Å². The second-order valence-corrected chi connectivity index (χ2v) is 10.2. The van der Waals surface area contributed by atoms with Crippen LogP contribution in [0.3, 0.4) is 0 Å². The molecule has 32 heavy (non-hydrogen) atoms. The van der Waals surface area contributed by atoms with Crippen molar-refractivity contribution in [1.29, 1.82) is 5.26 Å². The Morgan fingerprint density at radius 1 is 1.44 bits per heavy atom. The first-order valence-electron chi connectivity index (χ1n) is 10.8. The molecule has 0 aromatic carbocycles. The van der Waals surface area contributed by atoms with Crippen LogP contribution in [0.4, 0.5) is 5.69 Å². The van der Waals surface area contributed by atoms with Crippen molar-refractivity contribution in [3.05, 3.63) is 47.3 Å². The van der Waals surface area contributed by atoms with E-state index in [0.29, 0.717) is 17.9 Å². The molecular formula is C24H31N5O2S. The molecule has 2 aromatic heterocycles. The minimum Gasteiger partial charge on any atom is -0.390 e. The highest BCUT2D eigenvalue weighted by atomic mass is 32.1. The highest BCUT2D eigenvalue weighted by molar-refractivity contribution is 7.80. The third-order valence-corrected chi connectivity index (χ3v) is 6.18. The molecule has 1 aliphatic rings. The Morgan fingerprint density at radius 3 is 2.75 bits per heavy atom. The van der Waals surface area contributed by atoms with E-state index in [2.05, 4.69) is 47.8 Å². The molecule has 3 rings (SSSR count). The lowest BCUT2D eigenvalue weighted by molar-refractivity contribution is 0.0648. The monoisotopic (exact) mass is 453 g/mol. The molecule has 2 heterocycles. The summed E-state index contributed by atoms with van der Waals surface area (Å²) in [5.41, 5.74) is 2.89. The topological polar surface area (TPSA) is 115 Å². The summed E-state index contributed by atoms with van der Waals surface area (Å²) in [5, 5.41) is 22.2. The van der Waals surface area contributed by atoms with Crippen molar-refractivity contribution in [2.75, 3.05) is 11.1 Å². The Hall–Kier alpha value is -2.63. The first-order chi connectivity index (χ1) is 15.0. The lowest BCUT2D eigenvalue weighted by atomic mass is 9.77. The summed E-state index contributed by atoms with van der Waals surface area (Å²) in [5.74, 6) is 0.176. The number of nitrogens with one attached hydrogen (secondary N) is 2. The predicted molar refractivity (Wildman–Crippen MR) is 129 cm³/mol. The number of carbonyl (C=O) groups excluding carboxylic acids is 1. The number of aromatic amines is 1. The van der Waals surface area contributed by atoms with Gasteiger partial charge in [-0.2, -0.15) is 17.9 Å². The number of thiol groups is 1. The highest BCUT2D eigenvalue weighted by Crippen LogP contribution is 2.40. The van der Waals surface area contributed by atoms with E-state index in [1.807, 2.05) is 18.2 Å². The van der Waals surface area contributed by atoms with Crippen molar-refractivity contribution in [1.82, 2.24) is 15.0 Å². The molecular weight excluding hydrogens is 422 g/mol. The Balaban J connectivity index is 1.97. The van der Waals surface area contributed by atoms with Crippen molar-refractivity contribution in [3.8, 4) is 6.07 Å². The van der Waals surface area contributed by atoms with E-state index in [1.54, 1.807) is 13.8 Å². The van der Waals surface area contributed by atoms with E-state index in [9.17, 15) is 9.90 Å². The standard InChI is InChI=1S/C24H31N5O2S/c1-23(2)9-7-15(8-10-23)20-19(29-22(30)21-26-13-17(12-25)27-21)6-5-18(28-20)16(14-32)11-24(3,4)31/h5-7,13,16,31-32H,8-11,14H2,1-4H3,(H,26,27)(H,29,30)/t16-/m1/s1. The van der Waals surface area contributed by atoms with Gasteiger partial charge in [-0.25, -0.2) is 4.98 Å². The van der Waals surface area contributed by atoms with Crippen LogP contribution in [-0.4, -0.2) is 37.3 Å². The van der Waals surface area contributed by atoms with E-state index < -0.39 is 11.5 Å². The van der Waals surface area contributed by atoms with Gasteiger partial charge in [0.2, 0.25) is 0 Å². The Labute approximate surface area is 194 Å². The van der Waals surface area contributed by atoms with Gasteiger partial charge in [-0.1, -0.05) is 19.9 Å². The van der Waals surface area contributed by atoms with Gasteiger partial charge in [0.05, 0.1) is 23.2 Å². The van der Waals surface area contributed by atoms with Crippen LogP contribution < -0.4 is 5.32 Å². The molecule has 0 saturated carbocycles. The number of imidazole rings is 1. The number of carbonyl (C=O) groups is 1. The second-order valence-electron chi connectivity index (χ2n) is 9.84. The van der Waals surface area contributed by atoms with Gasteiger partial charge >= 0.3 is 0 Å². The molecule has 0 spiro atoms. The zero-order valence-electron chi connectivity index (χ0n) is 19.1. The number of aromatic nitrogens is 3. The average Bonchev–Trinajstić information content (AvgIpc) is 3.21. The third kappa shape index (κ3) is 5.99. The number of pyridine rings is 1. The number of nitriles is 1. The molecule has 1 aliphatic carbocycles. The fourth-order valence-corrected chi connectivity index (χ4v) is 4.20. The van der Waals surface area contributed by atoms with Crippen LogP contribution in [0.25, 0.3) is 5.57 Å². The van der Waals surface area contributed by atoms with Gasteiger partial charge in [-0.3, -0.25) is 9.78 Å². The first kappa shape index (κ1) is 24.0. The van der Waals surface area contributed by atoms with Crippen molar-refractivity contribution in [3.63, 3.8) is 0 Å². The highest BCUT2D eigenvalue weighted by Gasteiger charge is 2.27. The molecule has 2 aromatic rings. The molecule has 0 aliphatic heterocycles. The fraction of sp³-hybridized carbons (Fsp3) is 0.500. The largest absolute Gasteiger partial charge is 0.390 e. The molecule has 0 unspecified atom stereocenters. The van der Waals surface area contributed by atoms with E-state index in [0.717, 1.165) is 36.2 Å². The second kappa shape index (κ2) is 9.47. The zero-order chi connectivity index (χ0) is 23.5. The average molecular weight is 454 g/mol. The van der Waals surface area contributed by atoms with E-state index >= 15 is 0 Å². The summed E-state index contributed by atoms with van der Waals surface area (Å²) in [6, 6.07) is 5.66. The maximum Gasteiger partial charge on any atom is 0.291 e. The van der Waals surface area contributed by atoms with Crippen LogP contribution in [0, 0.1) is 16.7 Å². The number of hydrogen-bond acceptors (Lipinski definition) is 6. The molecule has 0 radical (unpaired) electrons. The molecule has 1 atom stereocenters. The summed E-state index contributed by atoms with van der Waals surface area (Å²) < 4.78 is 0. The van der Waals surface area contributed by atoms with Crippen LogP contribution in [0.2, 0.25) is 0 Å². The number of H-pyrrole nitrogens is 1. The quantitative estimate of drug-likeness (QED) is 0.454. The van der Waals surface area contributed by atoms with Crippen molar-refractivity contribution in [2.24, 2.45) is 5.41 Å². The maximum atomic E-state index is 12.7. The number of amides is 1. The van der Waals surface area contributed by atoms with Crippen molar-refractivity contribution < 1.29 is 9.90 Å². The minimum atomic E-state index is -0.839. The van der Waals surface area contributed by atoms with Gasteiger partial charge < -0.3 is 15.4 Å². The van der Waals surface area contributed by atoms with Gasteiger partial charge in [-0.15, -0.1) is 0 Å². The summed E-state index contributed by atoms with van der Waals surface area (Å²) in [6.07, 6.45) is 6.90. The molecule has 7 nitrogen and oxygen atoms in total. The van der Waals surface area contributed by atoms with Crippen LogP contribution in [0.1, 0.15) is 87.0 Å². The van der Waals surface area contributed by atoms with Crippen LogP contribution in [0.15, 0.2) is 24.4 Å². The first-order valence-corrected chi connectivity index (χ1v) is 11.4.